The SMILES string of the molecule is CCOC(=O)CC(=NNc1ccccc1)C(C)=O. The van der Waals surface area contributed by atoms with E-state index in [9.17, 15) is 9.59 Å². The van der Waals surface area contributed by atoms with Crippen LogP contribution in [0.4, 0.5) is 5.69 Å². The normalized spacial score (nSPS) is 10.9. The summed E-state index contributed by atoms with van der Waals surface area (Å²) >= 11 is 0. The summed E-state index contributed by atoms with van der Waals surface area (Å²) in [5.74, 6) is -0.715. The molecule has 1 aromatic carbocycles. The molecule has 0 amide bonds. The molecule has 96 valence electrons. The number of ketones is 1. The number of rotatable bonds is 6. The van der Waals surface area contributed by atoms with Crippen LogP contribution in [-0.4, -0.2) is 24.1 Å². The third kappa shape index (κ3) is 4.78. The molecule has 0 atom stereocenters. The summed E-state index contributed by atoms with van der Waals surface area (Å²) in [4.78, 5) is 22.6. The first kappa shape index (κ1) is 13.9. The summed E-state index contributed by atoms with van der Waals surface area (Å²) in [6.45, 7) is 3.37. The van der Waals surface area contributed by atoms with Crippen LogP contribution in [0.2, 0.25) is 0 Å². The van der Waals surface area contributed by atoms with Crippen molar-refractivity contribution in [1.29, 1.82) is 0 Å². The Morgan fingerprint density at radius 1 is 1.28 bits per heavy atom. The Hall–Kier alpha value is -2.17. The van der Waals surface area contributed by atoms with E-state index in [0.29, 0.717) is 0 Å². The zero-order valence-electron chi connectivity index (χ0n) is 10.5. The van der Waals surface area contributed by atoms with Crippen LogP contribution in [0, 0.1) is 0 Å². The molecule has 1 N–H and O–H groups in total. The topological polar surface area (TPSA) is 67.8 Å². The van der Waals surface area contributed by atoms with E-state index in [0.717, 1.165) is 5.69 Å². The first-order valence-corrected chi connectivity index (χ1v) is 5.67. The van der Waals surface area contributed by atoms with Gasteiger partial charge in [0.05, 0.1) is 18.7 Å². The first-order valence-electron chi connectivity index (χ1n) is 5.67. The second-order valence-electron chi connectivity index (χ2n) is 3.57. The molecule has 0 heterocycles. The van der Waals surface area contributed by atoms with Gasteiger partial charge in [-0.1, -0.05) is 18.2 Å². The number of anilines is 1. The summed E-state index contributed by atoms with van der Waals surface area (Å²) in [5, 5.41) is 3.93. The monoisotopic (exact) mass is 248 g/mol. The maximum Gasteiger partial charge on any atom is 0.312 e. The summed E-state index contributed by atoms with van der Waals surface area (Å²) in [7, 11) is 0. The van der Waals surface area contributed by atoms with E-state index in [1.807, 2.05) is 30.3 Å². The molecule has 0 aliphatic rings. The Kier molecular flexibility index (Phi) is 5.57. The van der Waals surface area contributed by atoms with Crippen LogP contribution in [-0.2, 0) is 14.3 Å². The number of benzene rings is 1. The average Bonchev–Trinajstić information content (AvgIpc) is 2.35. The number of carbonyl (C=O) groups is 2. The molecular weight excluding hydrogens is 232 g/mol. The standard InChI is InChI=1S/C13H16N2O3/c1-3-18-13(17)9-12(10(2)16)15-14-11-7-5-4-6-8-11/h4-8,14H,3,9H2,1-2H3. The first-order chi connectivity index (χ1) is 8.63. The molecule has 18 heavy (non-hydrogen) atoms. The molecule has 0 aliphatic carbocycles. The van der Waals surface area contributed by atoms with Gasteiger partial charge in [-0.05, 0) is 19.1 Å². The molecule has 0 aromatic heterocycles. The van der Waals surface area contributed by atoms with Gasteiger partial charge in [0.1, 0.15) is 5.71 Å². The lowest BCUT2D eigenvalue weighted by molar-refractivity contribution is -0.141. The number of Topliss-reactive ketones (excluding diaryl/α,β-unsaturated/α-hetero) is 1. The van der Waals surface area contributed by atoms with E-state index in [1.54, 1.807) is 6.92 Å². The number of carbonyl (C=O) groups excluding carboxylic acids is 2. The van der Waals surface area contributed by atoms with Crippen molar-refractivity contribution in [3.05, 3.63) is 30.3 Å². The minimum absolute atomic E-state index is 0.122. The largest absolute Gasteiger partial charge is 0.466 e. The summed E-state index contributed by atoms with van der Waals surface area (Å²) in [5.41, 5.74) is 3.63. The highest BCUT2D eigenvalue weighted by Gasteiger charge is 2.12. The number of nitrogens with one attached hydrogen (secondary N) is 1. The van der Waals surface area contributed by atoms with E-state index >= 15 is 0 Å². The molecule has 0 bridgehead atoms. The lowest BCUT2D eigenvalue weighted by Crippen LogP contribution is -2.18. The molecule has 0 unspecified atom stereocenters. The van der Waals surface area contributed by atoms with Crippen LogP contribution >= 0.6 is 0 Å². The minimum Gasteiger partial charge on any atom is -0.466 e. The van der Waals surface area contributed by atoms with E-state index in [4.69, 9.17) is 4.74 Å². The van der Waals surface area contributed by atoms with Crippen molar-refractivity contribution in [2.75, 3.05) is 12.0 Å². The highest BCUT2D eigenvalue weighted by atomic mass is 16.5. The van der Waals surface area contributed by atoms with Crippen LogP contribution in [0.1, 0.15) is 20.3 Å². The third-order valence-electron chi connectivity index (χ3n) is 2.12. The Morgan fingerprint density at radius 2 is 1.94 bits per heavy atom. The smallest absolute Gasteiger partial charge is 0.312 e. The minimum atomic E-state index is -0.457. The molecule has 0 spiro atoms. The highest BCUT2D eigenvalue weighted by Crippen LogP contribution is 2.05. The Morgan fingerprint density at radius 3 is 2.50 bits per heavy atom. The molecule has 0 aliphatic heterocycles. The van der Waals surface area contributed by atoms with Crippen molar-refractivity contribution in [3.8, 4) is 0 Å². The van der Waals surface area contributed by atoms with Crippen LogP contribution in [0.25, 0.3) is 0 Å². The quantitative estimate of drug-likeness (QED) is 0.475. The molecule has 0 fully saturated rings. The number of para-hydroxylation sites is 1. The fraction of sp³-hybridized carbons (Fsp3) is 0.308. The number of esters is 1. The van der Waals surface area contributed by atoms with Gasteiger partial charge in [0.2, 0.25) is 0 Å². The van der Waals surface area contributed by atoms with Gasteiger partial charge in [-0.3, -0.25) is 15.0 Å². The van der Waals surface area contributed by atoms with Crippen molar-refractivity contribution in [2.45, 2.75) is 20.3 Å². The Labute approximate surface area is 106 Å². The van der Waals surface area contributed by atoms with E-state index in [-0.39, 0.29) is 24.5 Å². The predicted molar refractivity (Wildman–Crippen MR) is 69.4 cm³/mol. The number of ether oxygens (including phenoxy) is 1. The number of hydrogen-bond acceptors (Lipinski definition) is 5. The molecule has 1 rings (SSSR count). The molecule has 0 radical (unpaired) electrons. The lowest BCUT2D eigenvalue weighted by Gasteiger charge is -2.04. The molecular formula is C13H16N2O3. The number of hydrazone groups is 1. The summed E-state index contributed by atoms with van der Waals surface area (Å²) in [6.07, 6.45) is -0.122. The highest BCUT2D eigenvalue weighted by molar-refractivity contribution is 6.41. The summed E-state index contributed by atoms with van der Waals surface area (Å²) in [6, 6.07) is 9.18. The van der Waals surface area contributed by atoms with Crippen molar-refractivity contribution in [2.24, 2.45) is 5.10 Å². The van der Waals surface area contributed by atoms with E-state index < -0.39 is 5.97 Å². The second kappa shape index (κ2) is 7.21. The zero-order chi connectivity index (χ0) is 13.4. The third-order valence-corrected chi connectivity index (χ3v) is 2.12. The lowest BCUT2D eigenvalue weighted by atomic mass is 10.2. The number of hydrogen-bond donors (Lipinski definition) is 1. The molecule has 5 nitrogen and oxygen atoms in total. The predicted octanol–water partition coefficient (Wildman–Crippen LogP) is 2.00. The van der Waals surface area contributed by atoms with Crippen LogP contribution in [0.5, 0.6) is 0 Å². The van der Waals surface area contributed by atoms with Crippen molar-refractivity contribution in [1.82, 2.24) is 0 Å². The van der Waals surface area contributed by atoms with Gasteiger partial charge in [-0.25, -0.2) is 0 Å². The Balaban J connectivity index is 2.67. The van der Waals surface area contributed by atoms with Gasteiger partial charge in [0.25, 0.3) is 0 Å². The fourth-order valence-corrected chi connectivity index (χ4v) is 1.24. The average molecular weight is 248 g/mol. The fourth-order valence-electron chi connectivity index (χ4n) is 1.24. The maximum absolute atomic E-state index is 11.3. The van der Waals surface area contributed by atoms with Gasteiger partial charge >= 0.3 is 5.97 Å². The van der Waals surface area contributed by atoms with Crippen molar-refractivity contribution in [3.63, 3.8) is 0 Å². The Bertz CT molecular complexity index is 441. The number of nitrogens with zero attached hydrogens (tertiary/aromatic N) is 1. The van der Waals surface area contributed by atoms with Crippen LogP contribution < -0.4 is 5.43 Å². The van der Waals surface area contributed by atoms with E-state index in [2.05, 4.69) is 10.5 Å². The van der Waals surface area contributed by atoms with Gasteiger partial charge in [-0.2, -0.15) is 5.10 Å². The maximum atomic E-state index is 11.3. The van der Waals surface area contributed by atoms with Crippen LogP contribution in [0.3, 0.4) is 0 Å². The second-order valence-corrected chi connectivity index (χ2v) is 3.57. The van der Waals surface area contributed by atoms with E-state index in [1.165, 1.54) is 6.92 Å². The molecule has 0 saturated carbocycles. The van der Waals surface area contributed by atoms with Gasteiger partial charge in [-0.15, -0.1) is 0 Å². The molecule has 1 aromatic rings. The van der Waals surface area contributed by atoms with Crippen molar-refractivity contribution >= 4 is 23.2 Å². The zero-order valence-corrected chi connectivity index (χ0v) is 10.5. The van der Waals surface area contributed by atoms with Crippen molar-refractivity contribution < 1.29 is 14.3 Å². The van der Waals surface area contributed by atoms with Gasteiger partial charge < -0.3 is 4.74 Å². The van der Waals surface area contributed by atoms with Gasteiger partial charge in [0.15, 0.2) is 5.78 Å². The summed E-state index contributed by atoms with van der Waals surface area (Å²) < 4.78 is 4.77. The molecule has 0 saturated heterocycles. The molecule has 5 heteroatoms. The van der Waals surface area contributed by atoms with Gasteiger partial charge in [0, 0.05) is 6.92 Å². The van der Waals surface area contributed by atoms with Crippen LogP contribution in [0.15, 0.2) is 35.4 Å².